The lowest BCUT2D eigenvalue weighted by Crippen LogP contribution is -2.31. The molecule has 126 valence electrons. The van der Waals surface area contributed by atoms with Crippen LogP contribution in [-0.4, -0.2) is 23.4 Å². The van der Waals surface area contributed by atoms with Crippen LogP contribution in [0.2, 0.25) is 0 Å². The summed E-state index contributed by atoms with van der Waals surface area (Å²) in [6.45, 7) is 1.18. The number of nitrogen functional groups attached to an aromatic ring is 1. The number of rotatable bonds is 6. The molecule has 1 atom stereocenters. The van der Waals surface area contributed by atoms with E-state index in [1.54, 1.807) is 19.1 Å². The maximum absolute atomic E-state index is 11.9. The number of ether oxygens (including phenoxy) is 1. The summed E-state index contributed by atoms with van der Waals surface area (Å²) in [5, 5.41) is 13.4. The monoisotopic (exact) mass is 333 g/mol. The van der Waals surface area contributed by atoms with Crippen LogP contribution < -0.4 is 11.1 Å². The van der Waals surface area contributed by atoms with Crippen LogP contribution in [0, 0.1) is 10.1 Å². The Labute approximate surface area is 136 Å². The molecule has 24 heavy (non-hydrogen) atoms. The zero-order valence-electron chi connectivity index (χ0n) is 12.7. The van der Waals surface area contributed by atoms with E-state index in [1.165, 1.54) is 18.4 Å². The molecule has 0 unspecified atom stereocenters. The maximum atomic E-state index is 11.9. The Morgan fingerprint density at radius 1 is 1.42 bits per heavy atom. The molecule has 1 aromatic carbocycles. The lowest BCUT2D eigenvalue weighted by Gasteiger charge is -2.11. The minimum Gasteiger partial charge on any atom is -0.467 e. The van der Waals surface area contributed by atoms with Gasteiger partial charge in [-0.3, -0.25) is 14.9 Å². The largest absolute Gasteiger partial charge is 0.467 e. The third-order valence-electron chi connectivity index (χ3n) is 3.14. The number of nitrogens with zero attached hydrogens (tertiary/aromatic N) is 1. The number of nitrogens with two attached hydrogens (primary N) is 1. The van der Waals surface area contributed by atoms with E-state index in [2.05, 4.69) is 5.32 Å². The molecule has 0 fully saturated rings. The fourth-order valence-corrected chi connectivity index (χ4v) is 1.94. The number of hydrogen-bond acceptors (Lipinski definition) is 7. The first-order chi connectivity index (χ1) is 11.4. The molecule has 1 aromatic heterocycles. The molecule has 0 aliphatic rings. The Balaban J connectivity index is 1.92. The van der Waals surface area contributed by atoms with E-state index in [0.717, 1.165) is 6.07 Å². The Bertz CT molecular complexity index is 757. The van der Waals surface area contributed by atoms with Crippen molar-refractivity contribution in [3.8, 4) is 0 Å². The SMILES string of the molecule is C[C@H](NC(=O)COC(=O)c1ccc(N)c([N+](=O)[O-])c1)c1ccco1. The molecule has 0 aliphatic carbocycles. The summed E-state index contributed by atoms with van der Waals surface area (Å²) in [4.78, 5) is 33.7. The molecule has 0 aliphatic heterocycles. The van der Waals surface area contributed by atoms with Gasteiger partial charge in [-0.2, -0.15) is 0 Å². The van der Waals surface area contributed by atoms with Crippen molar-refractivity contribution in [1.29, 1.82) is 0 Å². The average molecular weight is 333 g/mol. The number of carbonyl (C=O) groups excluding carboxylic acids is 2. The van der Waals surface area contributed by atoms with Crippen molar-refractivity contribution in [1.82, 2.24) is 5.32 Å². The van der Waals surface area contributed by atoms with Gasteiger partial charge < -0.3 is 20.2 Å². The molecule has 0 saturated carbocycles. The first-order valence-corrected chi connectivity index (χ1v) is 6.92. The van der Waals surface area contributed by atoms with E-state index in [1.807, 2.05) is 0 Å². The van der Waals surface area contributed by atoms with Crippen LogP contribution in [0.15, 0.2) is 41.0 Å². The van der Waals surface area contributed by atoms with Crippen molar-refractivity contribution in [3.63, 3.8) is 0 Å². The minimum absolute atomic E-state index is 0.0669. The van der Waals surface area contributed by atoms with E-state index in [9.17, 15) is 19.7 Å². The molecule has 2 rings (SSSR count). The third kappa shape index (κ3) is 4.09. The highest BCUT2D eigenvalue weighted by atomic mass is 16.6. The summed E-state index contributed by atoms with van der Waals surface area (Å²) in [6, 6.07) is 6.52. The van der Waals surface area contributed by atoms with Gasteiger partial charge in [0.1, 0.15) is 11.4 Å². The number of furan rings is 1. The zero-order valence-corrected chi connectivity index (χ0v) is 12.7. The van der Waals surface area contributed by atoms with Gasteiger partial charge >= 0.3 is 5.97 Å². The lowest BCUT2D eigenvalue weighted by atomic mass is 10.2. The standard InChI is InChI=1S/C15H15N3O6/c1-9(13-3-2-6-23-13)17-14(19)8-24-15(20)10-4-5-11(16)12(7-10)18(21)22/h2-7,9H,8,16H2,1H3,(H,17,19)/t9-/m0/s1. The zero-order chi connectivity index (χ0) is 17.7. The molecule has 9 heteroatoms. The molecule has 2 aromatic rings. The van der Waals surface area contributed by atoms with Crippen LogP contribution in [0.4, 0.5) is 11.4 Å². The van der Waals surface area contributed by atoms with Gasteiger partial charge in [-0.1, -0.05) is 0 Å². The molecule has 0 bridgehead atoms. The number of nitro groups is 1. The fourth-order valence-electron chi connectivity index (χ4n) is 1.94. The highest BCUT2D eigenvalue weighted by Gasteiger charge is 2.18. The first-order valence-electron chi connectivity index (χ1n) is 6.92. The average Bonchev–Trinajstić information content (AvgIpc) is 3.07. The van der Waals surface area contributed by atoms with Crippen molar-refractivity contribution in [2.45, 2.75) is 13.0 Å². The normalized spacial score (nSPS) is 11.5. The van der Waals surface area contributed by atoms with Crippen molar-refractivity contribution in [2.75, 3.05) is 12.3 Å². The summed E-state index contributed by atoms with van der Waals surface area (Å²) in [7, 11) is 0. The Kier molecular flexibility index (Phi) is 5.15. The van der Waals surface area contributed by atoms with Gasteiger partial charge in [-0.05, 0) is 31.2 Å². The molecule has 9 nitrogen and oxygen atoms in total. The smallest absolute Gasteiger partial charge is 0.338 e. The van der Waals surface area contributed by atoms with Crippen LogP contribution >= 0.6 is 0 Å². The molecule has 0 radical (unpaired) electrons. The van der Waals surface area contributed by atoms with E-state index in [0.29, 0.717) is 5.76 Å². The molecule has 0 spiro atoms. The van der Waals surface area contributed by atoms with Crippen LogP contribution in [0.25, 0.3) is 0 Å². The maximum Gasteiger partial charge on any atom is 0.338 e. The van der Waals surface area contributed by atoms with Crippen LogP contribution in [0.3, 0.4) is 0 Å². The van der Waals surface area contributed by atoms with Gasteiger partial charge in [0.15, 0.2) is 6.61 Å². The number of carbonyl (C=O) groups is 2. The summed E-state index contributed by atoms with van der Waals surface area (Å²) in [5.41, 5.74) is 4.91. The third-order valence-corrected chi connectivity index (χ3v) is 3.14. The summed E-state index contributed by atoms with van der Waals surface area (Å²) < 4.78 is 9.98. The van der Waals surface area contributed by atoms with Crippen molar-refractivity contribution in [2.24, 2.45) is 0 Å². The Morgan fingerprint density at radius 3 is 2.79 bits per heavy atom. The van der Waals surface area contributed by atoms with Crippen molar-refractivity contribution in [3.05, 3.63) is 58.0 Å². The Morgan fingerprint density at radius 2 is 2.17 bits per heavy atom. The van der Waals surface area contributed by atoms with Gasteiger partial charge in [-0.25, -0.2) is 4.79 Å². The van der Waals surface area contributed by atoms with Crippen molar-refractivity contribution >= 4 is 23.3 Å². The fraction of sp³-hybridized carbons (Fsp3) is 0.200. The van der Waals surface area contributed by atoms with Crippen molar-refractivity contribution < 1.29 is 23.7 Å². The van der Waals surface area contributed by atoms with E-state index in [-0.39, 0.29) is 17.3 Å². The summed E-state index contributed by atoms with van der Waals surface area (Å²) >= 11 is 0. The second kappa shape index (κ2) is 7.27. The predicted molar refractivity (Wildman–Crippen MR) is 83.1 cm³/mol. The first kappa shape index (κ1) is 17.0. The molecular weight excluding hydrogens is 318 g/mol. The number of esters is 1. The van der Waals surface area contributed by atoms with Crippen LogP contribution in [-0.2, 0) is 9.53 Å². The molecule has 0 saturated heterocycles. The highest BCUT2D eigenvalue weighted by molar-refractivity contribution is 5.92. The molecule has 1 amide bonds. The number of nitrogens with one attached hydrogen (secondary N) is 1. The van der Waals surface area contributed by atoms with Crippen LogP contribution in [0.1, 0.15) is 29.1 Å². The van der Waals surface area contributed by atoms with Gasteiger partial charge in [0.25, 0.3) is 11.6 Å². The molecular formula is C15H15N3O6. The van der Waals surface area contributed by atoms with Gasteiger partial charge in [0, 0.05) is 6.07 Å². The molecule has 3 N–H and O–H groups in total. The van der Waals surface area contributed by atoms with Gasteiger partial charge in [-0.15, -0.1) is 0 Å². The predicted octanol–water partition coefficient (Wildman–Crippen LogP) is 1.80. The van der Waals surface area contributed by atoms with E-state index < -0.39 is 29.1 Å². The Hall–Kier alpha value is -3.36. The van der Waals surface area contributed by atoms with E-state index in [4.69, 9.17) is 14.9 Å². The quantitative estimate of drug-likeness (QED) is 0.356. The molecule has 1 heterocycles. The number of nitro benzene ring substituents is 1. The second-order valence-corrected chi connectivity index (χ2v) is 4.91. The van der Waals surface area contributed by atoms with Gasteiger partial charge in [0.05, 0.1) is 22.8 Å². The summed E-state index contributed by atoms with van der Waals surface area (Å²) in [6.07, 6.45) is 1.48. The topological polar surface area (TPSA) is 138 Å². The number of anilines is 1. The van der Waals surface area contributed by atoms with Gasteiger partial charge in [0.2, 0.25) is 0 Å². The minimum atomic E-state index is -0.862. The number of hydrogen-bond donors (Lipinski definition) is 2. The second-order valence-electron chi connectivity index (χ2n) is 4.91. The summed E-state index contributed by atoms with van der Waals surface area (Å²) in [5.74, 6) is -0.833. The highest BCUT2D eigenvalue weighted by Crippen LogP contribution is 2.22. The number of amides is 1. The lowest BCUT2D eigenvalue weighted by molar-refractivity contribution is -0.383. The van der Waals surface area contributed by atoms with Crippen LogP contribution in [0.5, 0.6) is 0 Å². The van der Waals surface area contributed by atoms with E-state index >= 15 is 0 Å². The number of benzene rings is 1.